The molecule has 0 radical (unpaired) electrons. The van der Waals surface area contributed by atoms with Crippen LogP contribution in [-0.2, 0) is 4.74 Å². The van der Waals surface area contributed by atoms with Gasteiger partial charge in [-0.25, -0.2) is 23.5 Å². The van der Waals surface area contributed by atoms with Crippen LogP contribution in [0.4, 0.5) is 13.6 Å². The van der Waals surface area contributed by atoms with Crippen LogP contribution in [0.1, 0.15) is 32.3 Å². The summed E-state index contributed by atoms with van der Waals surface area (Å²) in [5.74, 6) is -1.88. The number of nitrogens with zero attached hydrogens (tertiary/aromatic N) is 3. The minimum absolute atomic E-state index is 0.113. The first-order chi connectivity index (χ1) is 14.6. The molecule has 4 rings (SSSR count). The molecule has 31 heavy (non-hydrogen) atoms. The van der Waals surface area contributed by atoms with Crippen molar-refractivity contribution in [2.75, 3.05) is 13.1 Å². The lowest BCUT2D eigenvalue weighted by atomic mass is 9.91. The van der Waals surface area contributed by atoms with Crippen LogP contribution in [0, 0.1) is 11.6 Å². The van der Waals surface area contributed by atoms with Gasteiger partial charge in [-0.3, -0.25) is 0 Å². The zero-order valence-electron chi connectivity index (χ0n) is 17.2. The summed E-state index contributed by atoms with van der Waals surface area (Å²) in [4.78, 5) is 22.1. The van der Waals surface area contributed by atoms with Gasteiger partial charge in [-0.15, -0.1) is 0 Å². The molecule has 2 aromatic carbocycles. The minimum atomic E-state index is -1.00. The topological polar surface area (TPSA) is 64.5 Å². The normalized spacial score (nSPS) is 14.5. The molecule has 0 N–H and O–H groups in total. The molecule has 1 amide bonds. The Morgan fingerprint density at radius 2 is 1.90 bits per heavy atom. The molecule has 2 heterocycles. The molecule has 1 saturated heterocycles. The number of likely N-dealkylation sites (tertiary alicyclic amines) is 1. The molecule has 0 atom stereocenters. The Labute approximate surface area is 182 Å². The van der Waals surface area contributed by atoms with Gasteiger partial charge in [-0.2, -0.15) is 0 Å². The number of ether oxygens (including phenoxy) is 2. The van der Waals surface area contributed by atoms with Crippen molar-refractivity contribution < 1.29 is 23.0 Å². The largest absolute Gasteiger partial charge is 0.444 e. The zero-order valence-corrected chi connectivity index (χ0v) is 17.9. The second-order valence-electron chi connectivity index (χ2n) is 8.31. The molecule has 1 aliphatic rings. The lowest BCUT2D eigenvalue weighted by Crippen LogP contribution is -2.50. The van der Waals surface area contributed by atoms with Crippen molar-refractivity contribution in [3.05, 3.63) is 58.9 Å². The van der Waals surface area contributed by atoms with Gasteiger partial charge in [0.1, 0.15) is 22.8 Å². The molecule has 0 aliphatic carbocycles. The van der Waals surface area contributed by atoms with Gasteiger partial charge < -0.3 is 14.4 Å². The summed E-state index contributed by atoms with van der Waals surface area (Å²) >= 11 is 5.63. The summed E-state index contributed by atoms with van der Waals surface area (Å²) in [6.45, 7) is 6.51. The molecule has 1 aromatic heterocycles. The smallest absolute Gasteiger partial charge is 0.410 e. The number of halogens is 3. The van der Waals surface area contributed by atoms with E-state index in [0.29, 0.717) is 24.0 Å². The van der Waals surface area contributed by atoms with E-state index in [2.05, 4.69) is 9.97 Å². The van der Waals surface area contributed by atoms with E-state index in [1.807, 2.05) is 39.0 Å². The van der Waals surface area contributed by atoms with Gasteiger partial charge in [-0.1, -0.05) is 17.7 Å². The highest BCUT2D eigenvalue weighted by Crippen LogP contribution is 2.35. The first-order valence-electron chi connectivity index (χ1n) is 9.66. The quantitative estimate of drug-likeness (QED) is 0.483. The first-order valence-corrected chi connectivity index (χ1v) is 10.0. The van der Waals surface area contributed by atoms with Gasteiger partial charge in [0, 0.05) is 19.0 Å². The van der Waals surface area contributed by atoms with Crippen molar-refractivity contribution in [2.45, 2.75) is 32.3 Å². The number of hydrogen-bond donors (Lipinski definition) is 0. The number of hydrogen-bond acceptors (Lipinski definition) is 5. The van der Waals surface area contributed by atoms with E-state index >= 15 is 0 Å². The summed E-state index contributed by atoms with van der Waals surface area (Å²) in [6.07, 6.45) is 0.953. The van der Waals surface area contributed by atoms with E-state index in [0.717, 1.165) is 17.7 Å². The molecule has 0 saturated carbocycles. The molecule has 9 heteroatoms. The molecule has 1 aliphatic heterocycles. The Morgan fingerprint density at radius 3 is 2.61 bits per heavy atom. The number of aromatic nitrogens is 2. The van der Waals surface area contributed by atoms with Crippen LogP contribution >= 0.6 is 11.6 Å². The van der Waals surface area contributed by atoms with E-state index < -0.39 is 22.3 Å². The van der Waals surface area contributed by atoms with Gasteiger partial charge in [0.05, 0.1) is 10.9 Å². The highest BCUT2D eigenvalue weighted by molar-refractivity contribution is 6.31. The fourth-order valence-electron chi connectivity index (χ4n) is 3.24. The van der Waals surface area contributed by atoms with Gasteiger partial charge >= 0.3 is 6.09 Å². The number of benzene rings is 2. The Hall–Kier alpha value is -3.00. The van der Waals surface area contributed by atoms with Crippen LogP contribution < -0.4 is 4.74 Å². The Balaban J connectivity index is 1.56. The average molecular weight is 448 g/mol. The second kappa shape index (κ2) is 7.92. The number of fused-ring (bicyclic) bond motifs is 1. The van der Waals surface area contributed by atoms with Crippen molar-refractivity contribution in [1.29, 1.82) is 0 Å². The molecule has 0 spiro atoms. The van der Waals surface area contributed by atoms with Crippen LogP contribution in [0.2, 0.25) is 5.02 Å². The SMILES string of the molecule is CC(C)(C)OC(=O)N1CC(c2ccc3ncnc(Oc4ccc(F)c(Cl)c4F)c3c2)C1. The predicted octanol–water partition coefficient (Wildman–Crippen LogP) is 5.69. The maximum atomic E-state index is 14.3. The van der Waals surface area contributed by atoms with E-state index in [4.69, 9.17) is 21.1 Å². The first kappa shape index (κ1) is 21.2. The molecule has 0 bridgehead atoms. The number of amides is 1. The second-order valence-corrected chi connectivity index (χ2v) is 8.69. The van der Waals surface area contributed by atoms with Crippen molar-refractivity contribution in [1.82, 2.24) is 14.9 Å². The number of carbonyl (C=O) groups is 1. The van der Waals surface area contributed by atoms with E-state index in [9.17, 15) is 13.6 Å². The van der Waals surface area contributed by atoms with Crippen LogP contribution in [0.3, 0.4) is 0 Å². The Kier molecular flexibility index (Phi) is 5.43. The fourth-order valence-corrected chi connectivity index (χ4v) is 3.40. The standard InChI is InChI=1S/C22H20ClF2N3O3/c1-22(2,3)31-21(29)28-9-13(10-28)12-4-6-16-14(8-12)20(27-11-26-16)30-17-7-5-15(24)18(23)19(17)25/h4-8,11,13H,9-10H2,1-3H3. The summed E-state index contributed by atoms with van der Waals surface area (Å²) < 4.78 is 38.7. The molecule has 3 aromatic rings. The molecular formula is C22H20ClF2N3O3. The van der Waals surface area contributed by atoms with Crippen molar-refractivity contribution in [3.63, 3.8) is 0 Å². The number of rotatable bonds is 3. The van der Waals surface area contributed by atoms with Crippen LogP contribution in [0.15, 0.2) is 36.7 Å². The molecule has 1 fully saturated rings. The van der Waals surface area contributed by atoms with Gasteiger partial charge in [0.25, 0.3) is 0 Å². The third-order valence-corrected chi connectivity index (χ3v) is 5.18. The van der Waals surface area contributed by atoms with Crippen molar-refractivity contribution in [2.24, 2.45) is 0 Å². The average Bonchev–Trinajstić information content (AvgIpc) is 2.66. The summed E-state index contributed by atoms with van der Waals surface area (Å²) in [5, 5.41) is -0.0798. The Morgan fingerprint density at radius 1 is 1.16 bits per heavy atom. The van der Waals surface area contributed by atoms with E-state index in [-0.39, 0.29) is 23.6 Å². The van der Waals surface area contributed by atoms with Crippen LogP contribution in [-0.4, -0.2) is 39.7 Å². The summed E-state index contributed by atoms with van der Waals surface area (Å²) in [6, 6.07) is 7.76. The maximum absolute atomic E-state index is 14.3. The third-order valence-electron chi connectivity index (χ3n) is 4.83. The van der Waals surface area contributed by atoms with Gasteiger partial charge in [0.15, 0.2) is 11.6 Å². The molecule has 162 valence electrons. The highest BCUT2D eigenvalue weighted by Gasteiger charge is 2.34. The number of carbonyl (C=O) groups excluding carboxylic acids is 1. The third kappa shape index (κ3) is 4.39. The minimum Gasteiger partial charge on any atom is -0.444 e. The lowest BCUT2D eigenvalue weighted by molar-refractivity contribution is 0.00820. The molecule has 6 nitrogen and oxygen atoms in total. The molecular weight excluding hydrogens is 428 g/mol. The van der Waals surface area contributed by atoms with Gasteiger partial charge in [0.2, 0.25) is 5.88 Å². The van der Waals surface area contributed by atoms with Crippen molar-refractivity contribution in [3.8, 4) is 11.6 Å². The monoisotopic (exact) mass is 447 g/mol. The fraction of sp³-hybridized carbons (Fsp3) is 0.318. The van der Waals surface area contributed by atoms with E-state index in [1.54, 1.807) is 4.90 Å². The Bertz CT molecular complexity index is 1160. The highest BCUT2D eigenvalue weighted by atomic mass is 35.5. The van der Waals surface area contributed by atoms with Crippen molar-refractivity contribution >= 4 is 28.6 Å². The summed E-state index contributed by atoms with van der Waals surface area (Å²) in [7, 11) is 0. The predicted molar refractivity (Wildman–Crippen MR) is 112 cm³/mol. The van der Waals surface area contributed by atoms with Gasteiger partial charge in [-0.05, 0) is 50.6 Å². The summed E-state index contributed by atoms with van der Waals surface area (Å²) in [5.41, 5.74) is 1.02. The van der Waals surface area contributed by atoms with Crippen LogP contribution in [0.25, 0.3) is 10.9 Å². The molecule has 0 unspecified atom stereocenters. The van der Waals surface area contributed by atoms with Crippen LogP contribution in [0.5, 0.6) is 11.6 Å². The lowest BCUT2D eigenvalue weighted by Gasteiger charge is -2.40. The maximum Gasteiger partial charge on any atom is 0.410 e. The zero-order chi connectivity index (χ0) is 22.3. The van der Waals surface area contributed by atoms with E-state index in [1.165, 1.54) is 6.33 Å².